The van der Waals surface area contributed by atoms with E-state index in [1.54, 1.807) is 0 Å². The molecular weight excluding hydrogens is 521 g/mol. The van der Waals surface area contributed by atoms with E-state index < -0.39 is 0 Å². The second kappa shape index (κ2) is 10.5. The van der Waals surface area contributed by atoms with Crippen molar-refractivity contribution in [2.45, 2.75) is 6.42 Å². The quantitative estimate of drug-likeness (QED) is 0.165. The van der Waals surface area contributed by atoms with Crippen molar-refractivity contribution in [3.63, 3.8) is 0 Å². The molecule has 1 aromatic heterocycles. The van der Waals surface area contributed by atoms with Crippen LogP contribution in [-0.2, 0) is 6.42 Å². The average Bonchev–Trinajstić information content (AvgIpc) is 3.57. The lowest BCUT2D eigenvalue weighted by Gasteiger charge is -2.10. The molecule has 0 saturated heterocycles. The van der Waals surface area contributed by atoms with E-state index in [1.165, 1.54) is 72.0 Å². The normalized spacial score (nSPS) is 11.7. The summed E-state index contributed by atoms with van der Waals surface area (Å²) in [7, 11) is 2.11. The van der Waals surface area contributed by atoms with Gasteiger partial charge in [0.15, 0.2) is 0 Å². The summed E-state index contributed by atoms with van der Waals surface area (Å²) in [5.41, 5.74) is 14.2. The smallest absolute Gasteiger partial charge is 0.0541 e. The molecule has 7 aromatic rings. The fourth-order valence-corrected chi connectivity index (χ4v) is 6.19. The average molecular weight is 550 g/mol. The van der Waals surface area contributed by atoms with Gasteiger partial charge in [0.2, 0.25) is 0 Å². The van der Waals surface area contributed by atoms with E-state index >= 15 is 0 Å². The Balaban J connectivity index is 0.00000130. The third kappa shape index (κ3) is 4.16. The predicted octanol–water partition coefficient (Wildman–Crippen LogP) is 10.4. The molecule has 1 aliphatic carbocycles. The van der Waals surface area contributed by atoms with Crippen molar-refractivity contribution in [3.05, 3.63) is 151 Å². The first-order valence-corrected chi connectivity index (χ1v) is 15.6. The zero-order valence-electron chi connectivity index (χ0n) is 22.0. The number of thiol groups is 1. The Hall–Kier alpha value is -4.10. The Bertz CT molecular complexity index is 2010. The van der Waals surface area contributed by atoms with Crippen molar-refractivity contribution in [2.75, 3.05) is 0 Å². The molecule has 0 aliphatic heterocycles. The van der Waals surface area contributed by atoms with Crippen LogP contribution in [0.2, 0.25) is 0 Å². The third-order valence-electron chi connectivity index (χ3n) is 8.01. The van der Waals surface area contributed by atoms with Crippen molar-refractivity contribution in [1.82, 2.24) is 4.57 Å². The molecule has 1 aliphatic rings. The van der Waals surface area contributed by atoms with Gasteiger partial charge in [0.1, 0.15) is 0 Å². The van der Waals surface area contributed by atoms with E-state index in [2.05, 4.69) is 165 Å². The fraction of sp³-hybridized carbons (Fsp3) is 0.0270. The maximum absolute atomic E-state index is 3.44. The van der Waals surface area contributed by atoms with Crippen molar-refractivity contribution >= 4 is 42.5 Å². The summed E-state index contributed by atoms with van der Waals surface area (Å²) >= 11 is 3.44. The Morgan fingerprint density at radius 2 is 1.07 bits per heavy atom. The van der Waals surface area contributed by atoms with Crippen LogP contribution in [0.3, 0.4) is 0 Å². The predicted molar refractivity (Wildman–Crippen MR) is 179 cm³/mol. The lowest BCUT2D eigenvalue weighted by molar-refractivity contribution is 1.18. The van der Waals surface area contributed by atoms with Crippen LogP contribution in [0.1, 0.15) is 11.1 Å². The number of hydrogen-bond acceptors (Lipinski definition) is 1. The highest BCUT2D eigenvalue weighted by molar-refractivity contribution is 8.31. The molecular formula is C37H28NPS. The van der Waals surface area contributed by atoms with Gasteiger partial charge >= 0.3 is 0 Å². The molecule has 1 atom stereocenters. The zero-order chi connectivity index (χ0) is 27.1. The first-order valence-electron chi connectivity index (χ1n) is 13.5. The molecule has 3 heteroatoms. The fourth-order valence-electron chi connectivity index (χ4n) is 6.19. The second-order valence-electron chi connectivity index (χ2n) is 10.2. The summed E-state index contributed by atoms with van der Waals surface area (Å²) in [6.07, 6.45) is 1.03. The molecule has 40 heavy (non-hydrogen) atoms. The maximum atomic E-state index is 3.44. The van der Waals surface area contributed by atoms with Crippen molar-refractivity contribution in [3.8, 4) is 39.1 Å². The van der Waals surface area contributed by atoms with Gasteiger partial charge in [0.25, 0.3) is 0 Å². The van der Waals surface area contributed by atoms with Crippen LogP contribution >= 0.6 is 20.7 Å². The standard InChI is InChI=1S/C37H25N.H3PS/c1-2-12-31(13-3-1)38-36-16-7-6-15-33(36)35-24-28(19-20-37(35)38)26-11-8-10-25(21-26)27-17-18-30-22-29-9-4-5-14-32(29)34(30)23-27;1-2/h1-21,23-24H,22H2;2H,1H2. The maximum Gasteiger partial charge on any atom is 0.0541 e. The Morgan fingerprint density at radius 1 is 0.450 bits per heavy atom. The third-order valence-corrected chi connectivity index (χ3v) is 8.01. The van der Waals surface area contributed by atoms with Crippen LogP contribution in [0.15, 0.2) is 140 Å². The van der Waals surface area contributed by atoms with Gasteiger partial charge in [-0.1, -0.05) is 106 Å². The number of rotatable bonds is 3. The lowest BCUT2D eigenvalue weighted by atomic mass is 9.95. The minimum atomic E-state index is 1.03. The molecule has 192 valence electrons. The highest BCUT2D eigenvalue weighted by Crippen LogP contribution is 2.40. The minimum absolute atomic E-state index is 1.03. The van der Waals surface area contributed by atoms with Gasteiger partial charge in [0.05, 0.1) is 11.0 Å². The van der Waals surface area contributed by atoms with E-state index in [-0.39, 0.29) is 0 Å². The van der Waals surface area contributed by atoms with Gasteiger partial charge in [-0.25, -0.2) is 0 Å². The molecule has 0 radical (unpaired) electrons. The molecule has 8 rings (SSSR count). The molecule has 0 N–H and O–H groups in total. The number of hydrogen-bond donors (Lipinski definition) is 1. The van der Waals surface area contributed by atoms with Crippen LogP contribution < -0.4 is 0 Å². The number of benzene rings is 6. The van der Waals surface area contributed by atoms with Gasteiger partial charge in [0, 0.05) is 16.5 Å². The topological polar surface area (TPSA) is 4.93 Å². The van der Waals surface area contributed by atoms with Gasteiger partial charge in [-0.2, -0.15) is 12.2 Å². The molecule has 1 nitrogen and oxygen atoms in total. The summed E-state index contributed by atoms with van der Waals surface area (Å²) < 4.78 is 2.37. The van der Waals surface area contributed by atoms with E-state index in [4.69, 9.17) is 0 Å². The van der Waals surface area contributed by atoms with Crippen LogP contribution in [0.5, 0.6) is 0 Å². The molecule has 0 saturated carbocycles. The lowest BCUT2D eigenvalue weighted by Crippen LogP contribution is -1.92. The molecule has 1 unspecified atom stereocenters. The first kappa shape index (κ1) is 24.9. The largest absolute Gasteiger partial charge is 0.309 e. The number of fused-ring (bicyclic) bond motifs is 6. The Kier molecular flexibility index (Phi) is 6.52. The van der Waals surface area contributed by atoms with Crippen LogP contribution in [0.4, 0.5) is 0 Å². The summed E-state index contributed by atoms with van der Waals surface area (Å²) in [4.78, 5) is 0. The highest BCUT2D eigenvalue weighted by Gasteiger charge is 2.18. The summed E-state index contributed by atoms with van der Waals surface area (Å²) in [5.74, 6) is 0. The highest BCUT2D eigenvalue weighted by atomic mass is 32.7. The molecule has 0 amide bonds. The van der Waals surface area contributed by atoms with Gasteiger partial charge in [-0.3, -0.25) is 0 Å². The molecule has 1 heterocycles. The Labute approximate surface area is 242 Å². The number of nitrogens with zero attached hydrogens (tertiary/aromatic N) is 1. The first-order chi connectivity index (χ1) is 19.8. The van der Waals surface area contributed by atoms with Crippen molar-refractivity contribution in [1.29, 1.82) is 0 Å². The van der Waals surface area contributed by atoms with Crippen LogP contribution in [0, 0.1) is 0 Å². The monoisotopic (exact) mass is 549 g/mol. The van der Waals surface area contributed by atoms with Crippen molar-refractivity contribution in [2.24, 2.45) is 0 Å². The van der Waals surface area contributed by atoms with Crippen molar-refractivity contribution < 1.29 is 0 Å². The van der Waals surface area contributed by atoms with E-state index in [9.17, 15) is 0 Å². The van der Waals surface area contributed by atoms with E-state index in [0.29, 0.717) is 0 Å². The molecule has 0 fully saturated rings. The summed E-state index contributed by atoms with van der Waals surface area (Å²) in [5, 5.41) is 2.56. The van der Waals surface area contributed by atoms with E-state index in [1.807, 2.05) is 0 Å². The van der Waals surface area contributed by atoms with Gasteiger partial charge < -0.3 is 4.57 Å². The zero-order valence-corrected chi connectivity index (χ0v) is 24.0. The number of para-hydroxylation sites is 2. The molecule has 6 aromatic carbocycles. The SMILES string of the molecule is PS.c1ccc(-n2c3ccccc3c3cc(-c4cccc(-c5ccc6c(c5)-c5ccccc5C6)c4)ccc32)cc1. The van der Waals surface area contributed by atoms with Crippen LogP contribution in [0.25, 0.3) is 60.9 Å². The minimum Gasteiger partial charge on any atom is -0.309 e. The molecule has 0 bridgehead atoms. The molecule has 0 spiro atoms. The second-order valence-corrected chi connectivity index (χ2v) is 10.2. The van der Waals surface area contributed by atoms with E-state index in [0.717, 1.165) is 6.42 Å². The van der Waals surface area contributed by atoms with Crippen LogP contribution in [-0.4, -0.2) is 4.57 Å². The number of aromatic nitrogens is 1. The Morgan fingerprint density at radius 3 is 1.93 bits per heavy atom. The summed E-state index contributed by atoms with van der Waals surface area (Å²) in [6, 6.07) is 51.0. The summed E-state index contributed by atoms with van der Waals surface area (Å²) in [6.45, 7) is 0. The van der Waals surface area contributed by atoms with Gasteiger partial charge in [-0.15, -0.1) is 0 Å². The van der Waals surface area contributed by atoms with Gasteiger partial charge in [-0.05, 0) is 93.4 Å².